The van der Waals surface area contributed by atoms with Crippen LogP contribution >= 0.6 is 0 Å². The summed E-state index contributed by atoms with van der Waals surface area (Å²) in [4.78, 5) is 24.5. The second-order valence-corrected chi connectivity index (χ2v) is 20.3. The average molecular weight is 931 g/mol. The minimum absolute atomic E-state index is 0.0202. The standard InChI is InChI=1S/C60H115NO5/c1-3-5-7-9-11-13-15-17-18-19-20-21-22-23-24-25-26-27-28-29-32-36-40-44-48-52-58(63)57(56-62)61-59(64)53-49-45-41-37-33-30-31-35-39-43-47-51-55-66-60(65)54-50-46-42-38-34-16-14-12-10-8-6-4-2/h12,14,48,52,57-58,62-63H,3-11,13,15-47,49-51,53-56H2,1-2H3,(H,61,64)/b14-12-,52-48+. The zero-order valence-electron chi connectivity index (χ0n) is 44.4. The van der Waals surface area contributed by atoms with Crippen molar-refractivity contribution in [2.24, 2.45) is 0 Å². The number of aliphatic hydroxyl groups excluding tert-OH is 2. The fraction of sp³-hybridized carbons (Fsp3) is 0.900. The molecule has 0 saturated carbocycles. The van der Waals surface area contributed by atoms with E-state index in [1.165, 1.54) is 238 Å². The molecule has 0 saturated heterocycles. The van der Waals surface area contributed by atoms with Crippen molar-refractivity contribution in [1.29, 1.82) is 0 Å². The van der Waals surface area contributed by atoms with E-state index >= 15 is 0 Å². The van der Waals surface area contributed by atoms with E-state index < -0.39 is 12.1 Å². The largest absolute Gasteiger partial charge is 0.466 e. The van der Waals surface area contributed by atoms with Crippen LogP contribution in [0.3, 0.4) is 0 Å². The Labute approximate surface area is 411 Å². The predicted molar refractivity (Wildman–Crippen MR) is 287 cm³/mol. The van der Waals surface area contributed by atoms with Gasteiger partial charge in [-0.05, 0) is 57.8 Å². The molecule has 66 heavy (non-hydrogen) atoms. The summed E-state index contributed by atoms with van der Waals surface area (Å²) in [6.07, 6.45) is 67.7. The summed E-state index contributed by atoms with van der Waals surface area (Å²) < 4.78 is 5.45. The van der Waals surface area contributed by atoms with Gasteiger partial charge in [0.15, 0.2) is 0 Å². The first kappa shape index (κ1) is 64.3. The van der Waals surface area contributed by atoms with Crippen LogP contribution in [0.15, 0.2) is 24.3 Å². The number of carbonyl (C=O) groups excluding carboxylic acids is 2. The van der Waals surface area contributed by atoms with E-state index in [1.807, 2.05) is 6.08 Å². The van der Waals surface area contributed by atoms with Crippen LogP contribution in [0, 0.1) is 0 Å². The van der Waals surface area contributed by atoms with Crippen LogP contribution in [0.2, 0.25) is 0 Å². The first-order valence-corrected chi connectivity index (χ1v) is 29.6. The maximum atomic E-state index is 12.5. The highest BCUT2D eigenvalue weighted by Crippen LogP contribution is 2.17. The number of allylic oxidation sites excluding steroid dienone is 3. The molecule has 0 spiro atoms. The first-order chi connectivity index (χ1) is 32.5. The second-order valence-electron chi connectivity index (χ2n) is 20.3. The summed E-state index contributed by atoms with van der Waals surface area (Å²) in [5.74, 6) is -0.101. The van der Waals surface area contributed by atoms with Gasteiger partial charge in [-0.15, -0.1) is 0 Å². The number of rotatable bonds is 55. The van der Waals surface area contributed by atoms with Crippen molar-refractivity contribution in [3.8, 4) is 0 Å². The molecule has 0 aromatic carbocycles. The smallest absolute Gasteiger partial charge is 0.305 e. The minimum atomic E-state index is -0.856. The maximum Gasteiger partial charge on any atom is 0.305 e. The van der Waals surface area contributed by atoms with Crippen molar-refractivity contribution < 1.29 is 24.5 Å². The highest BCUT2D eigenvalue weighted by Gasteiger charge is 2.18. The minimum Gasteiger partial charge on any atom is -0.466 e. The van der Waals surface area contributed by atoms with Gasteiger partial charge in [0.25, 0.3) is 0 Å². The lowest BCUT2D eigenvalue weighted by molar-refractivity contribution is -0.143. The van der Waals surface area contributed by atoms with E-state index in [9.17, 15) is 19.8 Å². The van der Waals surface area contributed by atoms with Gasteiger partial charge in [-0.1, -0.05) is 276 Å². The molecule has 390 valence electrons. The molecule has 6 heteroatoms. The summed E-state index contributed by atoms with van der Waals surface area (Å²) >= 11 is 0. The fourth-order valence-electron chi connectivity index (χ4n) is 9.16. The van der Waals surface area contributed by atoms with Crippen molar-refractivity contribution >= 4 is 11.9 Å². The van der Waals surface area contributed by atoms with Gasteiger partial charge >= 0.3 is 5.97 Å². The second kappa shape index (κ2) is 55.9. The Morgan fingerprint density at radius 1 is 0.409 bits per heavy atom. The molecule has 0 bridgehead atoms. The lowest BCUT2D eigenvalue weighted by Gasteiger charge is -2.20. The fourth-order valence-corrected chi connectivity index (χ4v) is 9.16. The third kappa shape index (κ3) is 51.7. The van der Waals surface area contributed by atoms with Gasteiger partial charge in [-0.2, -0.15) is 0 Å². The predicted octanol–water partition coefficient (Wildman–Crippen LogP) is 18.2. The van der Waals surface area contributed by atoms with Gasteiger partial charge in [0.05, 0.1) is 25.4 Å². The molecule has 3 N–H and O–H groups in total. The van der Waals surface area contributed by atoms with E-state index in [1.54, 1.807) is 6.08 Å². The highest BCUT2D eigenvalue weighted by molar-refractivity contribution is 5.76. The van der Waals surface area contributed by atoms with Crippen LogP contribution in [-0.4, -0.2) is 47.4 Å². The van der Waals surface area contributed by atoms with Crippen LogP contribution in [0.1, 0.15) is 322 Å². The number of aliphatic hydroxyl groups is 2. The zero-order chi connectivity index (χ0) is 47.9. The molecule has 0 aromatic rings. The number of unbranched alkanes of at least 4 members (excludes halogenated alkanes) is 42. The van der Waals surface area contributed by atoms with E-state index in [0.29, 0.717) is 19.4 Å². The van der Waals surface area contributed by atoms with Gasteiger partial charge in [-0.3, -0.25) is 9.59 Å². The molecule has 0 aromatic heterocycles. The average Bonchev–Trinajstić information content (AvgIpc) is 3.32. The van der Waals surface area contributed by atoms with Crippen LogP contribution in [0.5, 0.6) is 0 Å². The van der Waals surface area contributed by atoms with E-state index in [-0.39, 0.29) is 18.5 Å². The Bertz CT molecular complexity index is 1030. The number of ether oxygens (including phenoxy) is 1. The summed E-state index contributed by atoms with van der Waals surface area (Å²) in [5, 5.41) is 23.2. The molecule has 0 fully saturated rings. The third-order valence-corrected chi connectivity index (χ3v) is 13.7. The molecule has 0 aliphatic heterocycles. The molecule has 2 unspecified atom stereocenters. The summed E-state index contributed by atoms with van der Waals surface area (Å²) in [6, 6.07) is -0.641. The molecular formula is C60H115NO5. The number of amides is 1. The Morgan fingerprint density at radius 3 is 1.11 bits per heavy atom. The molecule has 0 aliphatic carbocycles. The molecule has 6 nitrogen and oxygen atoms in total. The van der Waals surface area contributed by atoms with Crippen LogP contribution in [0.4, 0.5) is 0 Å². The van der Waals surface area contributed by atoms with Crippen molar-refractivity contribution in [3.05, 3.63) is 24.3 Å². The monoisotopic (exact) mass is 930 g/mol. The Balaban J connectivity index is 3.49. The lowest BCUT2D eigenvalue weighted by atomic mass is 10.0. The summed E-state index contributed by atoms with van der Waals surface area (Å²) in [5.41, 5.74) is 0. The number of carbonyl (C=O) groups is 2. The van der Waals surface area contributed by atoms with Crippen LogP contribution in [0.25, 0.3) is 0 Å². The topological polar surface area (TPSA) is 95.9 Å². The van der Waals surface area contributed by atoms with Gasteiger partial charge in [0, 0.05) is 12.8 Å². The summed E-state index contributed by atoms with van der Waals surface area (Å²) in [7, 11) is 0. The number of hydrogen-bond donors (Lipinski definition) is 3. The molecule has 2 atom stereocenters. The van der Waals surface area contributed by atoms with Crippen LogP contribution < -0.4 is 5.32 Å². The molecule has 1 amide bonds. The van der Waals surface area contributed by atoms with Gasteiger partial charge in [0.2, 0.25) is 5.91 Å². The van der Waals surface area contributed by atoms with Crippen molar-refractivity contribution in [3.63, 3.8) is 0 Å². The Morgan fingerprint density at radius 2 is 0.712 bits per heavy atom. The quantitative estimate of drug-likeness (QED) is 0.0321. The zero-order valence-corrected chi connectivity index (χ0v) is 44.4. The molecule has 0 heterocycles. The molecule has 0 radical (unpaired) electrons. The first-order valence-electron chi connectivity index (χ1n) is 29.6. The van der Waals surface area contributed by atoms with Crippen molar-refractivity contribution in [2.75, 3.05) is 13.2 Å². The number of esters is 1. The molecule has 0 rings (SSSR count). The third-order valence-electron chi connectivity index (χ3n) is 13.7. The van der Waals surface area contributed by atoms with Gasteiger partial charge < -0.3 is 20.3 Å². The maximum absolute atomic E-state index is 12.5. The molecule has 0 aliphatic rings. The number of hydrogen-bond acceptors (Lipinski definition) is 5. The summed E-state index contributed by atoms with van der Waals surface area (Å²) in [6.45, 7) is 4.86. The van der Waals surface area contributed by atoms with Gasteiger partial charge in [0.1, 0.15) is 0 Å². The van der Waals surface area contributed by atoms with Crippen molar-refractivity contribution in [1.82, 2.24) is 5.32 Å². The Kier molecular flexibility index (Phi) is 54.5. The SMILES string of the molecule is CCCCC/C=C\CCCCCCCC(=O)OCCCCCCCCCCCCCCC(=O)NC(CO)C(O)/C=C/CCCCCCCCCCCCCCCCCCCCCCCCC. The molecular weight excluding hydrogens is 815 g/mol. The van der Waals surface area contributed by atoms with Crippen molar-refractivity contribution in [2.45, 2.75) is 334 Å². The van der Waals surface area contributed by atoms with E-state index in [0.717, 1.165) is 57.8 Å². The number of nitrogens with one attached hydrogen (secondary N) is 1. The van der Waals surface area contributed by atoms with E-state index in [4.69, 9.17) is 4.74 Å². The van der Waals surface area contributed by atoms with E-state index in [2.05, 4.69) is 31.3 Å². The lowest BCUT2D eigenvalue weighted by Crippen LogP contribution is -2.45. The Hall–Kier alpha value is -1.66. The van der Waals surface area contributed by atoms with Crippen LogP contribution in [-0.2, 0) is 14.3 Å². The van der Waals surface area contributed by atoms with Gasteiger partial charge in [-0.25, -0.2) is 0 Å². The highest BCUT2D eigenvalue weighted by atomic mass is 16.5. The normalized spacial score (nSPS) is 12.7.